The van der Waals surface area contributed by atoms with E-state index in [0.29, 0.717) is 17.0 Å². The first-order valence-corrected chi connectivity index (χ1v) is 15.5. The summed E-state index contributed by atoms with van der Waals surface area (Å²) in [4.78, 5) is 4.06. The minimum absolute atomic E-state index is 0.191. The van der Waals surface area contributed by atoms with Crippen LogP contribution in [0.25, 0.3) is 5.52 Å². The molecular weight excluding hydrogens is 524 g/mol. The minimum Gasteiger partial charge on any atom is -0.405 e. The van der Waals surface area contributed by atoms with Crippen LogP contribution >= 0.6 is 0 Å². The Morgan fingerprint density at radius 2 is 1.57 bits per heavy atom. The van der Waals surface area contributed by atoms with Gasteiger partial charge in [0.05, 0.1) is 6.61 Å². The Hall–Kier alpha value is -3.12. The SMILES string of the molecule is CC1(C)O[C@H]2[C@@H](O1)C(O)(c1ccc3c(N)ncnn13)O[C@@H]2CO[Si](c1ccccc1)(c1ccccc1)C(C)(C)C. The molecule has 3 N–H and O–H groups in total. The summed E-state index contributed by atoms with van der Waals surface area (Å²) in [5.41, 5.74) is 7.03. The van der Waals surface area contributed by atoms with Gasteiger partial charge in [0.15, 0.2) is 11.6 Å². The molecule has 2 fully saturated rings. The average Bonchev–Trinajstić information content (AvgIpc) is 3.57. The molecule has 9 nitrogen and oxygen atoms in total. The van der Waals surface area contributed by atoms with E-state index in [2.05, 4.69) is 79.4 Å². The van der Waals surface area contributed by atoms with Crippen LogP contribution in [0.5, 0.6) is 0 Å². The van der Waals surface area contributed by atoms with Crippen LogP contribution in [0.3, 0.4) is 0 Å². The third-order valence-corrected chi connectivity index (χ3v) is 12.9. The quantitative estimate of drug-likeness (QED) is 0.346. The molecule has 0 saturated carbocycles. The summed E-state index contributed by atoms with van der Waals surface area (Å²) in [7, 11) is -2.86. The van der Waals surface area contributed by atoms with Crippen LogP contribution in [0.15, 0.2) is 79.1 Å². The molecule has 0 amide bonds. The molecule has 210 valence electrons. The van der Waals surface area contributed by atoms with Crippen molar-refractivity contribution >= 4 is 30.0 Å². The fourth-order valence-electron chi connectivity index (χ4n) is 6.26. The fraction of sp³-hybridized carbons (Fsp3) is 0.400. The van der Waals surface area contributed by atoms with Gasteiger partial charge in [-0.25, -0.2) is 9.50 Å². The highest BCUT2D eigenvalue weighted by Crippen LogP contribution is 2.48. The van der Waals surface area contributed by atoms with Gasteiger partial charge in [0, 0.05) is 0 Å². The van der Waals surface area contributed by atoms with E-state index in [0.717, 1.165) is 10.4 Å². The van der Waals surface area contributed by atoms with Crippen LogP contribution < -0.4 is 16.1 Å². The molecular formula is C30H36N4O5Si. The number of benzene rings is 2. The Bertz CT molecular complexity index is 1470. The molecule has 0 radical (unpaired) electrons. The second-order valence-electron chi connectivity index (χ2n) is 12.0. The zero-order chi connectivity index (χ0) is 28.3. The number of nitrogens with zero attached hydrogens (tertiary/aromatic N) is 3. The fourth-order valence-corrected chi connectivity index (χ4v) is 10.8. The zero-order valence-electron chi connectivity index (χ0n) is 23.4. The summed E-state index contributed by atoms with van der Waals surface area (Å²) < 4.78 is 27.8. The predicted molar refractivity (Wildman–Crippen MR) is 154 cm³/mol. The van der Waals surface area contributed by atoms with Gasteiger partial charge in [-0.1, -0.05) is 81.4 Å². The average molecular weight is 561 g/mol. The second kappa shape index (κ2) is 9.47. The van der Waals surface area contributed by atoms with E-state index < -0.39 is 38.2 Å². The first-order valence-electron chi connectivity index (χ1n) is 13.6. The lowest BCUT2D eigenvalue weighted by atomic mass is 10.0. The van der Waals surface area contributed by atoms with E-state index in [-0.39, 0.29) is 11.6 Å². The molecule has 2 aromatic carbocycles. The van der Waals surface area contributed by atoms with Gasteiger partial charge in [-0.2, -0.15) is 5.10 Å². The van der Waals surface area contributed by atoms with Crippen molar-refractivity contribution in [3.63, 3.8) is 0 Å². The van der Waals surface area contributed by atoms with E-state index in [4.69, 9.17) is 24.4 Å². The zero-order valence-corrected chi connectivity index (χ0v) is 24.4. The Morgan fingerprint density at radius 3 is 2.17 bits per heavy atom. The van der Waals surface area contributed by atoms with Crippen molar-refractivity contribution in [3.8, 4) is 0 Å². The molecule has 1 unspecified atom stereocenters. The van der Waals surface area contributed by atoms with Crippen molar-refractivity contribution in [2.24, 2.45) is 0 Å². The van der Waals surface area contributed by atoms with Crippen LogP contribution in [0.4, 0.5) is 5.82 Å². The van der Waals surface area contributed by atoms with E-state index in [1.54, 1.807) is 16.6 Å². The highest BCUT2D eigenvalue weighted by atomic mass is 28.4. The molecule has 4 heterocycles. The predicted octanol–water partition coefficient (Wildman–Crippen LogP) is 2.95. The molecule has 40 heavy (non-hydrogen) atoms. The van der Waals surface area contributed by atoms with E-state index in [1.165, 1.54) is 6.33 Å². The summed E-state index contributed by atoms with van der Waals surface area (Å²) in [6.45, 7) is 10.5. The van der Waals surface area contributed by atoms with Gasteiger partial charge < -0.3 is 29.5 Å². The van der Waals surface area contributed by atoms with Crippen LogP contribution in [-0.2, 0) is 24.4 Å². The molecule has 0 spiro atoms. The van der Waals surface area contributed by atoms with Crippen LogP contribution in [0.1, 0.15) is 40.3 Å². The van der Waals surface area contributed by atoms with E-state index in [9.17, 15) is 5.11 Å². The standard InChI is InChI=1S/C30H36N4O5Si/c1-28(2,3)40(20-12-8-6-9-13-20,21-14-10-7-11-15-21)36-18-23-25-26(39-29(4,5)38-25)30(35,37-23)24-17-16-22-27(31)32-19-33-34(22)24/h6-17,19,23,25-26,35H,18H2,1-5H3,(H2,31,32,33)/t23-,25-,26-,30?/m1/s1. The normalized spacial score (nSPS) is 26.3. The van der Waals surface area contributed by atoms with Gasteiger partial charge in [-0.15, -0.1) is 0 Å². The molecule has 2 aliphatic heterocycles. The van der Waals surface area contributed by atoms with Crippen LogP contribution in [-0.4, -0.2) is 58.7 Å². The molecule has 2 aliphatic rings. The molecule has 2 saturated heterocycles. The maximum atomic E-state index is 12.1. The second-order valence-corrected chi connectivity index (χ2v) is 16.3. The number of aromatic nitrogens is 3. The van der Waals surface area contributed by atoms with Crippen molar-refractivity contribution in [1.29, 1.82) is 0 Å². The minimum atomic E-state index is -2.86. The summed E-state index contributed by atoms with van der Waals surface area (Å²) in [5, 5.41) is 18.6. The number of hydrogen-bond acceptors (Lipinski definition) is 8. The van der Waals surface area contributed by atoms with E-state index in [1.807, 2.05) is 26.0 Å². The molecule has 0 aliphatic carbocycles. The topological polar surface area (TPSA) is 113 Å². The lowest BCUT2D eigenvalue weighted by Crippen LogP contribution is -2.67. The maximum Gasteiger partial charge on any atom is 0.261 e. The number of nitrogen functional groups attached to an aromatic ring is 1. The van der Waals surface area contributed by atoms with Gasteiger partial charge in [-0.05, 0) is 41.4 Å². The van der Waals surface area contributed by atoms with Gasteiger partial charge in [0.25, 0.3) is 8.32 Å². The maximum absolute atomic E-state index is 12.1. The summed E-state index contributed by atoms with van der Waals surface area (Å²) in [6, 6.07) is 24.3. The largest absolute Gasteiger partial charge is 0.405 e. The summed E-state index contributed by atoms with van der Waals surface area (Å²) in [6.07, 6.45) is -0.670. The molecule has 4 atom stereocenters. The Labute approximate surface area is 235 Å². The summed E-state index contributed by atoms with van der Waals surface area (Å²) in [5.74, 6) is -2.48. The Kier molecular flexibility index (Phi) is 6.41. The van der Waals surface area contributed by atoms with Crippen molar-refractivity contribution in [3.05, 3.63) is 84.8 Å². The number of anilines is 1. The van der Waals surface area contributed by atoms with Gasteiger partial charge in [-0.3, -0.25) is 0 Å². The van der Waals surface area contributed by atoms with Gasteiger partial charge >= 0.3 is 0 Å². The Balaban J connectivity index is 1.41. The highest BCUT2D eigenvalue weighted by molar-refractivity contribution is 6.99. The number of hydrogen-bond donors (Lipinski definition) is 2. The van der Waals surface area contributed by atoms with Crippen LogP contribution in [0.2, 0.25) is 5.04 Å². The number of nitrogens with two attached hydrogens (primary N) is 1. The van der Waals surface area contributed by atoms with Crippen molar-refractivity contribution in [1.82, 2.24) is 14.6 Å². The molecule has 4 aromatic rings. The third kappa shape index (κ3) is 4.18. The number of rotatable bonds is 6. The smallest absolute Gasteiger partial charge is 0.261 e. The highest BCUT2D eigenvalue weighted by Gasteiger charge is 2.65. The monoisotopic (exact) mass is 560 g/mol. The lowest BCUT2D eigenvalue weighted by molar-refractivity contribution is -0.285. The molecule has 6 rings (SSSR count). The molecule has 0 bridgehead atoms. The first kappa shape index (κ1) is 27.1. The van der Waals surface area contributed by atoms with E-state index >= 15 is 0 Å². The number of ether oxygens (including phenoxy) is 3. The van der Waals surface area contributed by atoms with Crippen molar-refractivity contribution in [2.45, 2.75) is 69.5 Å². The molecule has 10 heteroatoms. The van der Waals surface area contributed by atoms with Gasteiger partial charge in [0.2, 0.25) is 5.79 Å². The number of fused-ring (bicyclic) bond motifs is 2. The summed E-state index contributed by atoms with van der Waals surface area (Å²) >= 11 is 0. The lowest BCUT2D eigenvalue weighted by Gasteiger charge is -2.43. The molecule has 2 aromatic heterocycles. The van der Waals surface area contributed by atoms with Crippen molar-refractivity contribution in [2.75, 3.05) is 12.3 Å². The van der Waals surface area contributed by atoms with Crippen LogP contribution in [0, 0.1) is 0 Å². The number of aliphatic hydroxyl groups is 1. The first-order chi connectivity index (χ1) is 19.0. The third-order valence-electron chi connectivity index (χ3n) is 7.94. The van der Waals surface area contributed by atoms with Crippen molar-refractivity contribution < 1.29 is 23.7 Å². The van der Waals surface area contributed by atoms with Gasteiger partial charge in [0.1, 0.15) is 35.8 Å². The Morgan fingerprint density at radius 1 is 0.950 bits per heavy atom.